The number of ketones is 1. The van der Waals surface area contributed by atoms with Crippen molar-refractivity contribution >= 4 is 17.8 Å². The fraction of sp³-hybridized carbons (Fsp3) is 0.690. The largest absolute Gasteiger partial charge is 0.458 e. The molecular formula is C29H43NO6. The summed E-state index contributed by atoms with van der Waals surface area (Å²) in [7, 11) is 0. The number of rotatable bonds is 2. The molecule has 0 bridgehead atoms. The number of hydrogen-bond acceptors (Lipinski definition) is 7. The predicted octanol–water partition coefficient (Wildman–Crippen LogP) is 4.42. The summed E-state index contributed by atoms with van der Waals surface area (Å²) in [6, 6.07) is 3.89. The Kier molecular flexibility index (Phi) is 8.79. The van der Waals surface area contributed by atoms with E-state index in [0.29, 0.717) is 6.42 Å². The number of carbonyl (C=O) groups excluding carboxylic acids is 2. The fourth-order valence-electron chi connectivity index (χ4n) is 5.26. The molecule has 36 heavy (non-hydrogen) atoms. The number of esters is 1. The summed E-state index contributed by atoms with van der Waals surface area (Å²) in [5.74, 6) is -1.57. The van der Waals surface area contributed by atoms with E-state index in [9.17, 15) is 19.8 Å². The first-order valence-corrected chi connectivity index (χ1v) is 13.1. The summed E-state index contributed by atoms with van der Waals surface area (Å²) in [5, 5.41) is 21.7. The molecule has 2 fully saturated rings. The summed E-state index contributed by atoms with van der Waals surface area (Å²) < 4.78 is 12.0. The third-order valence-corrected chi connectivity index (χ3v) is 8.23. The smallest absolute Gasteiger partial charge is 0.309 e. The standard InChI is InChI=1S/C29H43NO6/c1-17-10-12-30-21(13-17)14-19(3)22-15-24-29(7,36-24)11-8-9-18(2)26(33)20(4)27(34)28(5,6)23(31)16-25(32)35-22/h10,12-14,18,20,22-24,26,31,33H,8-9,11,15-16H2,1-7H3/t18?,20?,22-,23?,24-,26-,29+/m0/s1. The maximum absolute atomic E-state index is 13.2. The lowest BCUT2D eigenvalue weighted by Crippen LogP contribution is -2.45. The molecule has 200 valence electrons. The van der Waals surface area contributed by atoms with Gasteiger partial charge < -0.3 is 19.7 Å². The molecule has 0 saturated carbocycles. The average Bonchev–Trinajstić information content (AvgIpc) is 3.44. The lowest BCUT2D eigenvalue weighted by atomic mass is 9.73. The molecule has 1 aromatic rings. The van der Waals surface area contributed by atoms with Crippen LogP contribution in [0, 0.1) is 24.2 Å². The lowest BCUT2D eigenvalue weighted by Gasteiger charge is -2.34. The highest BCUT2D eigenvalue weighted by atomic mass is 16.6. The first-order valence-electron chi connectivity index (χ1n) is 13.1. The third-order valence-electron chi connectivity index (χ3n) is 8.23. The number of carbonyl (C=O) groups is 2. The van der Waals surface area contributed by atoms with Crippen LogP contribution in [0.15, 0.2) is 23.9 Å². The summed E-state index contributed by atoms with van der Waals surface area (Å²) in [5.41, 5.74) is 1.19. The van der Waals surface area contributed by atoms with Crippen LogP contribution in [0.25, 0.3) is 6.08 Å². The van der Waals surface area contributed by atoms with Crippen LogP contribution in [0.4, 0.5) is 0 Å². The van der Waals surface area contributed by atoms with Crippen molar-refractivity contribution in [1.82, 2.24) is 4.98 Å². The van der Waals surface area contributed by atoms with E-state index in [1.165, 1.54) is 0 Å². The Morgan fingerprint density at radius 3 is 2.56 bits per heavy atom. The Morgan fingerprint density at radius 1 is 1.19 bits per heavy atom. The summed E-state index contributed by atoms with van der Waals surface area (Å²) in [6.07, 6.45) is 3.65. The molecule has 2 aliphatic rings. The van der Waals surface area contributed by atoms with Crippen LogP contribution >= 0.6 is 0 Å². The van der Waals surface area contributed by atoms with E-state index in [0.717, 1.165) is 36.1 Å². The maximum atomic E-state index is 13.2. The maximum Gasteiger partial charge on any atom is 0.309 e. The van der Waals surface area contributed by atoms with Gasteiger partial charge in [-0.2, -0.15) is 0 Å². The SMILES string of the molecule is CC(=Cc1cc(C)ccn1)[C@@H]1C[C@@H]2O[C@]2(C)CCCC(C)[C@H](O)C(C)C(=O)C(C)(C)C(O)CC(=O)O1. The highest BCUT2D eigenvalue weighted by Gasteiger charge is 2.53. The van der Waals surface area contributed by atoms with Gasteiger partial charge in [0, 0.05) is 18.5 Å². The molecule has 2 saturated heterocycles. The van der Waals surface area contributed by atoms with Gasteiger partial charge in [-0.15, -0.1) is 0 Å². The Morgan fingerprint density at radius 2 is 1.89 bits per heavy atom. The number of aliphatic hydroxyl groups excluding tert-OH is 2. The molecule has 7 atom stereocenters. The van der Waals surface area contributed by atoms with Gasteiger partial charge in [-0.1, -0.05) is 34.1 Å². The van der Waals surface area contributed by atoms with Crippen molar-refractivity contribution in [2.24, 2.45) is 17.3 Å². The van der Waals surface area contributed by atoms with Gasteiger partial charge in [0.05, 0.1) is 41.4 Å². The molecule has 3 heterocycles. The summed E-state index contributed by atoms with van der Waals surface area (Å²) in [4.78, 5) is 30.6. The fourth-order valence-corrected chi connectivity index (χ4v) is 5.26. The number of nitrogens with zero attached hydrogens (tertiary/aromatic N) is 1. The van der Waals surface area contributed by atoms with Gasteiger partial charge in [0.2, 0.25) is 0 Å². The molecule has 2 aliphatic heterocycles. The van der Waals surface area contributed by atoms with Crippen LogP contribution in [0.1, 0.15) is 84.9 Å². The minimum absolute atomic E-state index is 0.0564. The van der Waals surface area contributed by atoms with Crippen molar-refractivity contribution in [2.45, 2.75) is 111 Å². The number of ether oxygens (including phenoxy) is 2. The Hall–Kier alpha value is -2.09. The van der Waals surface area contributed by atoms with E-state index in [2.05, 4.69) is 11.9 Å². The van der Waals surface area contributed by atoms with E-state index >= 15 is 0 Å². The van der Waals surface area contributed by atoms with Crippen molar-refractivity contribution in [1.29, 1.82) is 0 Å². The molecule has 1 aromatic heterocycles. The zero-order chi connectivity index (χ0) is 26.8. The van der Waals surface area contributed by atoms with Gasteiger partial charge in [0.25, 0.3) is 0 Å². The van der Waals surface area contributed by atoms with Crippen molar-refractivity contribution in [2.75, 3.05) is 0 Å². The monoisotopic (exact) mass is 501 g/mol. The molecule has 3 unspecified atom stereocenters. The second-order valence-electron chi connectivity index (χ2n) is 11.7. The van der Waals surface area contributed by atoms with Crippen LogP contribution in [-0.2, 0) is 19.1 Å². The normalized spacial score (nSPS) is 36.6. The van der Waals surface area contributed by atoms with E-state index in [1.807, 2.05) is 39.0 Å². The van der Waals surface area contributed by atoms with Crippen molar-refractivity contribution in [3.8, 4) is 0 Å². The molecule has 0 radical (unpaired) electrons. The van der Waals surface area contributed by atoms with Gasteiger partial charge in [0.15, 0.2) is 0 Å². The third kappa shape index (κ3) is 6.61. The highest BCUT2D eigenvalue weighted by molar-refractivity contribution is 5.88. The van der Waals surface area contributed by atoms with E-state index in [4.69, 9.17) is 9.47 Å². The Labute approximate surface area is 215 Å². The molecule has 2 N–H and O–H groups in total. The number of pyridine rings is 1. The lowest BCUT2D eigenvalue weighted by molar-refractivity contribution is -0.154. The predicted molar refractivity (Wildman–Crippen MR) is 138 cm³/mol. The first-order chi connectivity index (χ1) is 16.7. The number of fused-ring (bicyclic) bond motifs is 1. The molecule has 0 aliphatic carbocycles. The van der Waals surface area contributed by atoms with E-state index < -0.39 is 35.6 Å². The number of aryl methyl sites for hydroxylation is 1. The zero-order valence-electron chi connectivity index (χ0n) is 22.8. The molecule has 0 amide bonds. The second kappa shape index (κ2) is 11.1. The number of hydrogen-bond donors (Lipinski definition) is 2. The highest BCUT2D eigenvalue weighted by Crippen LogP contribution is 2.45. The van der Waals surface area contributed by atoms with Gasteiger partial charge >= 0.3 is 5.97 Å². The zero-order valence-corrected chi connectivity index (χ0v) is 22.8. The van der Waals surface area contributed by atoms with Crippen LogP contribution in [-0.4, -0.2) is 57.0 Å². The second-order valence-corrected chi connectivity index (χ2v) is 11.7. The van der Waals surface area contributed by atoms with Crippen molar-refractivity contribution in [3.05, 3.63) is 35.2 Å². The molecule has 0 aromatic carbocycles. The number of epoxide rings is 1. The van der Waals surface area contributed by atoms with Crippen LogP contribution in [0.2, 0.25) is 0 Å². The molecule has 7 nitrogen and oxygen atoms in total. The minimum Gasteiger partial charge on any atom is -0.458 e. The minimum atomic E-state index is -1.24. The van der Waals surface area contributed by atoms with Crippen LogP contribution < -0.4 is 0 Å². The molecule has 3 rings (SSSR count). The quantitative estimate of drug-likeness (QED) is 0.456. The molecular weight excluding hydrogens is 458 g/mol. The van der Waals surface area contributed by atoms with Crippen LogP contribution in [0.3, 0.4) is 0 Å². The Balaban J connectivity index is 1.87. The van der Waals surface area contributed by atoms with Gasteiger partial charge in [-0.05, 0) is 68.9 Å². The molecule has 0 spiro atoms. The van der Waals surface area contributed by atoms with Gasteiger partial charge in [-0.25, -0.2) is 0 Å². The Bertz CT molecular complexity index is 988. The van der Waals surface area contributed by atoms with E-state index in [1.54, 1.807) is 27.0 Å². The van der Waals surface area contributed by atoms with Gasteiger partial charge in [-0.3, -0.25) is 14.6 Å². The van der Waals surface area contributed by atoms with Crippen LogP contribution in [0.5, 0.6) is 0 Å². The van der Waals surface area contributed by atoms with Gasteiger partial charge in [0.1, 0.15) is 11.9 Å². The summed E-state index contributed by atoms with van der Waals surface area (Å²) in [6.45, 7) is 12.9. The number of Topliss-reactive ketones (excluding diaryl/α,β-unsaturated/α-hetero) is 1. The molecule has 7 heteroatoms. The number of aromatic nitrogens is 1. The first kappa shape index (κ1) is 28.5. The van der Waals surface area contributed by atoms with Crippen molar-refractivity contribution in [3.63, 3.8) is 0 Å². The van der Waals surface area contributed by atoms with Crippen molar-refractivity contribution < 1.29 is 29.3 Å². The number of cyclic esters (lactones) is 1. The number of aliphatic hydroxyl groups is 2. The van der Waals surface area contributed by atoms with E-state index in [-0.39, 0.29) is 29.8 Å². The average molecular weight is 502 g/mol. The summed E-state index contributed by atoms with van der Waals surface area (Å²) >= 11 is 0. The topological polar surface area (TPSA) is 109 Å².